The van der Waals surface area contributed by atoms with Gasteiger partial charge in [-0.15, -0.1) is 0 Å². The summed E-state index contributed by atoms with van der Waals surface area (Å²) < 4.78 is 42.0. The van der Waals surface area contributed by atoms with Crippen LogP contribution in [0.5, 0.6) is 0 Å². The molecule has 1 fully saturated rings. The molecule has 1 N–H and O–H groups in total. The zero-order chi connectivity index (χ0) is 37.2. The van der Waals surface area contributed by atoms with Crippen LogP contribution in [0.4, 0.5) is 0 Å². The second-order valence-electron chi connectivity index (χ2n) is 11.1. The van der Waals surface area contributed by atoms with Gasteiger partial charge in [0, 0.05) is 18.2 Å². The molecule has 0 aromatic heterocycles. The summed E-state index contributed by atoms with van der Waals surface area (Å²) >= 11 is 0. The van der Waals surface area contributed by atoms with Gasteiger partial charge in [0.25, 0.3) is 0 Å². The Labute approximate surface area is 294 Å². The number of Topliss-reactive ketones (excluding diaryl/α,β-unsaturated/α-hetero) is 1. The summed E-state index contributed by atoms with van der Waals surface area (Å²) in [7, 11) is 2.40. The van der Waals surface area contributed by atoms with Crippen molar-refractivity contribution in [1.29, 1.82) is 0 Å². The second kappa shape index (κ2) is 21.6. The molecule has 0 amide bonds. The van der Waals surface area contributed by atoms with Crippen LogP contribution >= 0.6 is 0 Å². The third-order valence-corrected chi connectivity index (χ3v) is 7.06. The number of carbonyl (C=O) groups is 5. The number of esters is 3. The first-order chi connectivity index (χ1) is 24.6. The lowest BCUT2D eigenvalue weighted by Gasteiger charge is -2.23. The Balaban J connectivity index is 1.73. The van der Waals surface area contributed by atoms with E-state index < -0.39 is 80.0 Å². The predicted octanol–water partition coefficient (Wildman–Crippen LogP) is 1.44. The van der Waals surface area contributed by atoms with E-state index in [1.165, 1.54) is 14.0 Å². The Morgan fingerprint density at radius 1 is 0.745 bits per heavy atom. The van der Waals surface area contributed by atoms with Gasteiger partial charge in [-0.3, -0.25) is 4.79 Å². The number of hydrogen-bond donors (Lipinski definition) is 1. The minimum absolute atomic E-state index is 0.0575. The van der Waals surface area contributed by atoms with E-state index in [2.05, 4.69) is 9.89 Å². The Morgan fingerprint density at radius 3 is 1.78 bits per heavy atom. The van der Waals surface area contributed by atoms with Gasteiger partial charge in [0.2, 0.25) is 5.78 Å². The summed E-state index contributed by atoms with van der Waals surface area (Å²) in [4.78, 5) is 69.4. The van der Waals surface area contributed by atoms with Crippen molar-refractivity contribution in [3.63, 3.8) is 0 Å². The topological polar surface area (TPSA) is 204 Å². The van der Waals surface area contributed by atoms with E-state index in [-0.39, 0.29) is 31.5 Å². The lowest BCUT2D eigenvalue weighted by molar-refractivity contribution is -0.183. The van der Waals surface area contributed by atoms with Gasteiger partial charge in [-0.2, -0.15) is 0 Å². The first-order valence-corrected chi connectivity index (χ1v) is 16.1. The second-order valence-corrected chi connectivity index (χ2v) is 11.1. The molecule has 1 saturated heterocycles. The van der Waals surface area contributed by atoms with Gasteiger partial charge < -0.3 is 47.8 Å². The molecule has 0 aliphatic carbocycles. The number of ketones is 1. The van der Waals surface area contributed by atoms with Crippen LogP contribution in [0.15, 0.2) is 65.8 Å². The average molecular weight is 718 g/mol. The Hall–Kier alpha value is -4.58. The number of ether oxygens (including phenoxy) is 8. The summed E-state index contributed by atoms with van der Waals surface area (Å²) in [5.74, 6) is -4.08. The fraction of sp³-hybridized carbons (Fsp3) is 0.486. The largest absolute Gasteiger partial charge is 0.467 e. The number of oxime groups is 1. The summed E-state index contributed by atoms with van der Waals surface area (Å²) in [5.41, 5.74) is 0.609. The van der Waals surface area contributed by atoms with Gasteiger partial charge in [-0.25, -0.2) is 19.2 Å². The van der Waals surface area contributed by atoms with Gasteiger partial charge in [0.05, 0.1) is 39.6 Å². The standard InChI is InChI=1S/C35H43NO15/c1-5-26(35(42)51-36-30(23-12-8-6-9-13-23)31(38)24-14-10-7-11-15-24)46-20-28(33(40)49-16-22(2)37)48-21-29(34(41)50-18-25-17-45-25)47-19-27(43-3)32(39)44-4/h6-15,22,25-29,37H,5,16-21H2,1-4H3. The number of aliphatic hydroxyl groups is 1. The van der Waals surface area contributed by atoms with E-state index >= 15 is 0 Å². The maximum absolute atomic E-state index is 13.3. The van der Waals surface area contributed by atoms with E-state index in [0.717, 1.165) is 7.11 Å². The predicted molar refractivity (Wildman–Crippen MR) is 176 cm³/mol. The lowest BCUT2D eigenvalue weighted by Crippen LogP contribution is -2.41. The minimum Gasteiger partial charge on any atom is -0.467 e. The Bertz CT molecular complexity index is 1450. The van der Waals surface area contributed by atoms with Crippen LogP contribution in [0, 0.1) is 0 Å². The molecule has 1 aliphatic rings. The van der Waals surface area contributed by atoms with Crippen molar-refractivity contribution in [1.82, 2.24) is 0 Å². The minimum atomic E-state index is -1.54. The summed E-state index contributed by atoms with van der Waals surface area (Å²) in [6.45, 7) is 1.38. The van der Waals surface area contributed by atoms with Crippen LogP contribution in [0.3, 0.4) is 0 Å². The molecule has 2 aromatic rings. The van der Waals surface area contributed by atoms with Crippen molar-refractivity contribution in [3.8, 4) is 0 Å². The maximum atomic E-state index is 13.3. The molecule has 16 heteroatoms. The van der Waals surface area contributed by atoms with E-state index in [9.17, 15) is 29.1 Å². The highest BCUT2D eigenvalue weighted by molar-refractivity contribution is 6.51. The number of hydrogen-bond acceptors (Lipinski definition) is 16. The van der Waals surface area contributed by atoms with E-state index in [1.807, 2.05) is 0 Å². The molecule has 16 nitrogen and oxygen atoms in total. The van der Waals surface area contributed by atoms with Crippen LogP contribution in [0.25, 0.3) is 0 Å². The summed E-state index contributed by atoms with van der Waals surface area (Å²) in [6, 6.07) is 16.8. The molecule has 278 valence electrons. The fourth-order valence-corrected chi connectivity index (χ4v) is 4.12. The van der Waals surface area contributed by atoms with Crippen LogP contribution in [-0.4, -0.2) is 131 Å². The quantitative estimate of drug-likeness (QED) is 0.0329. The molecule has 0 saturated carbocycles. The van der Waals surface area contributed by atoms with E-state index in [4.69, 9.17) is 38.0 Å². The molecular formula is C35H43NO15. The number of epoxide rings is 1. The third kappa shape index (κ3) is 13.9. The van der Waals surface area contributed by atoms with Gasteiger partial charge >= 0.3 is 23.9 Å². The molecule has 51 heavy (non-hydrogen) atoms. The fourth-order valence-electron chi connectivity index (χ4n) is 4.12. The molecule has 1 aliphatic heterocycles. The van der Waals surface area contributed by atoms with Gasteiger partial charge in [-0.1, -0.05) is 72.7 Å². The van der Waals surface area contributed by atoms with Crippen molar-refractivity contribution in [2.45, 2.75) is 56.9 Å². The van der Waals surface area contributed by atoms with Gasteiger partial charge in [0.1, 0.15) is 19.3 Å². The normalized spacial score (nSPS) is 16.9. The van der Waals surface area contributed by atoms with E-state index in [1.54, 1.807) is 67.6 Å². The number of nitrogens with zero attached hydrogens (tertiary/aromatic N) is 1. The molecule has 0 spiro atoms. The number of methoxy groups -OCH3 is 2. The summed E-state index contributed by atoms with van der Waals surface area (Å²) in [6.07, 6.45) is -6.68. The van der Waals surface area contributed by atoms with Crippen LogP contribution in [0.1, 0.15) is 36.2 Å². The first-order valence-electron chi connectivity index (χ1n) is 16.1. The van der Waals surface area contributed by atoms with Gasteiger partial charge in [0.15, 0.2) is 30.1 Å². The molecule has 2 aromatic carbocycles. The average Bonchev–Trinajstić information content (AvgIpc) is 3.98. The molecule has 3 rings (SSSR count). The van der Waals surface area contributed by atoms with Crippen molar-refractivity contribution in [2.75, 3.05) is 53.9 Å². The monoisotopic (exact) mass is 717 g/mol. The van der Waals surface area contributed by atoms with Crippen molar-refractivity contribution < 1.29 is 71.8 Å². The molecule has 0 radical (unpaired) electrons. The number of benzene rings is 2. The smallest absolute Gasteiger partial charge is 0.363 e. The van der Waals surface area contributed by atoms with E-state index in [0.29, 0.717) is 17.7 Å². The molecule has 0 bridgehead atoms. The van der Waals surface area contributed by atoms with Crippen LogP contribution < -0.4 is 0 Å². The van der Waals surface area contributed by atoms with Crippen molar-refractivity contribution >= 4 is 35.4 Å². The molecule has 6 atom stereocenters. The Kier molecular flexibility index (Phi) is 17.3. The highest BCUT2D eigenvalue weighted by atomic mass is 16.7. The van der Waals surface area contributed by atoms with Crippen molar-refractivity contribution in [2.24, 2.45) is 5.16 Å². The Morgan fingerprint density at radius 2 is 1.27 bits per heavy atom. The third-order valence-electron chi connectivity index (χ3n) is 7.06. The number of rotatable bonds is 23. The van der Waals surface area contributed by atoms with Crippen LogP contribution in [-0.2, 0) is 61.9 Å². The number of carbonyl (C=O) groups excluding carboxylic acids is 5. The van der Waals surface area contributed by atoms with Crippen molar-refractivity contribution in [3.05, 3.63) is 71.8 Å². The molecular weight excluding hydrogens is 674 g/mol. The molecule has 1 heterocycles. The zero-order valence-corrected chi connectivity index (χ0v) is 28.8. The SMILES string of the molecule is CCC(OCC(OCC(OCC(OC)C(=O)OC)C(=O)OCC1CO1)C(=O)OCC(C)O)C(=O)ON=C(C(=O)c1ccccc1)c1ccccc1. The number of aliphatic hydroxyl groups excluding tert-OH is 1. The lowest BCUT2D eigenvalue weighted by atomic mass is 10.0. The van der Waals surface area contributed by atoms with Gasteiger partial charge in [-0.05, 0) is 13.3 Å². The molecule has 6 unspecified atom stereocenters. The highest BCUT2D eigenvalue weighted by Crippen LogP contribution is 2.14. The summed E-state index contributed by atoms with van der Waals surface area (Å²) in [5, 5.41) is 13.5. The van der Waals surface area contributed by atoms with Crippen LogP contribution in [0.2, 0.25) is 0 Å². The first kappa shape index (κ1) is 40.8. The zero-order valence-electron chi connectivity index (χ0n) is 28.8. The highest BCUT2D eigenvalue weighted by Gasteiger charge is 2.33. The maximum Gasteiger partial charge on any atom is 0.363 e.